The minimum atomic E-state index is -4.04. The highest BCUT2D eigenvalue weighted by molar-refractivity contribution is 14.1. The highest BCUT2D eigenvalue weighted by Crippen LogP contribution is 2.23. The Morgan fingerprint density at radius 1 is 1.05 bits per heavy atom. The Morgan fingerprint density at radius 3 is 2.23 bits per heavy atom. The van der Waals surface area contributed by atoms with E-state index in [0.717, 1.165) is 31.4 Å². The summed E-state index contributed by atoms with van der Waals surface area (Å²) in [4.78, 5) is 12.1. The number of nitrogens with one attached hydrogen (secondary N) is 1. The molecule has 4 nitrogen and oxygen atoms in total. The number of hydrogen-bond donors (Lipinski definition) is 1. The van der Waals surface area contributed by atoms with E-state index < -0.39 is 21.7 Å². The topological polar surface area (TPSA) is 63.2 Å². The Hall–Kier alpha value is -0.0200. The van der Waals surface area contributed by atoms with Crippen molar-refractivity contribution in [2.24, 2.45) is 0 Å². The lowest BCUT2D eigenvalue weighted by Crippen LogP contribution is -2.31. The van der Waals surface area contributed by atoms with Gasteiger partial charge in [-0.3, -0.25) is 4.79 Å². The molecule has 0 atom stereocenters. The highest BCUT2D eigenvalue weighted by Gasteiger charge is 2.21. The van der Waals surface area contributed by atoms with Gasteiger partial charge in [0.15, 0.2) is 0 Å². The first-order chi connectivity index (χ1) is 10.2. The van der Waals surface area contributed by atoms with Crippen LogP contribution in [0.15, 0.2) is 41.3 Å². The molecule has 0 spiro atoms. The summed E-state index contributed by atoms with van der Waals surface area (Å²) in [5.41, 5.74) is 0.280. The van der Waals surface area contributed by atoms with Gasteiger partial charge in [0.2, 0.25) is 0 Å². The SMILES string of the molecule is O=C(NS(=O)(=O)c1ccc(F)cc1)c1cc(I)cc(I)c1I. The van der Waals surface area contributed by atoms with Crippen molar-refractivity contribution in [1.29, 1.82) is 0 Å². The van der Waals surface area contributed by atoms with Crippen LogP contribution in [0.4, 0.5) is 4.39 Å². The van der Waals surface area contributed by atoms with Crippen LogP contribution in [0, 0.1) is 16.5 Å². The number of rotatable bonds is 3. The summed E-state index contributed by atoms with van der Waals surface area (Å²) in [7, 11) is -4.04. The number of carbonyl (C=O) groups excluding carboxylic acids is 1. The third kappa shape index (κ3) is 4.29. The average molecular weight is 657 g/mol. The molecule has 0 unspecified atom stereocenters. The van der Waals surface area contributed by atoms with Crippen LogP contribution in [0.5, 0.6) is 0 Å². The molecule has 0 radical (unpaired) electrons. The van der Waals surface area contributed by atoms with Crippen molar-refractivity contribution < 1.29 is 17.6 Å². The summed E-state index contributed by atoms with van der Waals surface area (Å²) in [5.74, 6) is -1.27. The lowest BCUT2D eigenvalue weighted by Gasteiger charge is -2.10. The first-order valence-electron chi connectivity index (χ1n) is 5.68. The second kappa shape index (κ2) is 7.25. The van der Waals surface area contributed by atoms with Gasteiger partial charge in [-0.25, -0.2) is 17.5 Å². The van der Waals surface area contributed by atoms with Crippen LogP contribution in [0.25, 0.3) is 0 Å². The minimum Gasteiger partial charge on any atom is -0.268 e. The maximum Gasteiger partial charge on any atom is 0.266 e. The van der Waals surface area contributed by atoms with Gasteiger partial charge in [-0.1, -0.05) is 0 Å². The van der Waals surface area contributed by atoms with Crippen molar-refractivity contribution in [2.45, 2.75) is 4.90 Å². The molecule has 0 fully saturated rings. The Balaban J connectivity index is 2.34. The number of carbonyl (C=O) groups is 1. The zero-order valence-electron chi connectivity index (χ0n) is 10.6. The van der Waals surface area contributed by atoms with Crippen LogP contribution < -0.4 is 4.72 Å². The molecule has 1 N–H and O–H groups in total. The van der Waals surface area contributed by atoms with Gasteiger partial charge in [-0.15, -0.1) is 0 Å². The molecule has 0 aliphatic carbocycles. The van der Waals surface area contributed by atoms with Crippen molar-refractivity contribution in [3.63, 3.8) is 0 Å². The van der Waals surface area contributed by atoms with E-state index >= 15 is 0 Å². The quantitative estimate of drug-likeness (QED) is 0.405. The largest absolute Gasteiger partial charge is 0.268 e. The molecule has 116 valence electrons. The van der Waals surface area contributed by atoms with Gasteiger partial charge in [0.1, 0.15) is 5.82 Å². The summed E-state index contributed by atoms with van der Waals surface area (Å²) in [6, 6.07) is 7.76. The first-order valence-corrected chi connectivity index (χ1v) is 10.4. The van der Waals surface area contributed by atoms with Crippen molar-refractivity contribution in [2.75, 3.05) is 0 Å². The third-order valence-corrected chi connectivity index (χ3v) is 7.60. The Labute approximate surface area is 167 Å². The molecule has 0 aliphatic rings. The van der Waals surface area contributed by atoms with E-state index in [4.69, 9.17) is 0 Å². The number of amides is 1. The van der Waals surface area contributed by atoms with Gasteiger partial charge in [-0.05, 0) is 104 Å². The van der Waals surface area contributed by atoms with E-state index in [1.165, 1.54) is 0 Å². The van der Waals surface area contributed by atoms with Gasteiger partial charge < -0.3 is 0 Å². The van der Waals surface area contributed by atoms with Crippen molar-refractivity contribution in [1.82, 2.24) is 4.72 Å². The van der Waals surface area contributed by atoms with Gasteiger partial charge in [0.25, 0.3) is 15.9 Å². The maximum atomic E-state index is 12.9. The lowest BCUT2D eigenvalue weighted by molar-refractivity contribution is 0.0980. The summed E-state index contributed by atoms with van der Waals surface area (Å²) in [5, 5.41) is 0. The molecule has 0 aliphatic heterocycles. The molecule has 9 heteroatoms. The fraction of sp³-hybridized carbons (Fsp3) is 0. The molecule has 2 aromatic carbocycles. The molecule has 2 rings (SSSR count). The molecule has 22 heavy (non-hydrogen) atoms. The van der Waals surface area contributed by atoms with E-state index in [9.17, 15) is 17.6 Å². The Bertz CT molecular complexity index is 838. The number of hydrogen-bond acceptors (Lipinski definition) is 3. The zero-order valence-corrected chi connectivity index (χ0v) is 17.9. The lowest BCUT2D eigenvalue weighted by atomic mass is 10.2. The monoisotopic (exact) mass is 657 g/mol. The number of halogens is 4. The molecule has 0 aromatic heterocycles. The van der Waals surface area contributed by atoms with Crippen LogP contribution in [0.1, 0.15) is 10.4 Å². The molecule has 0 heterocycles. The van der Waals surface area contributed by atoms with Crippen molar-refractivity contribution in [3.8, 4) is 0 Å². The average Bonchev–Trinajstić information content (AvgIpc) is 2.42. The fourth-order valence-corrected chi connectivity index (χ4v) is 4.94. The fourth-order valence-electron chi connectivity index (χ4n) is 1.57. The zero-order chi connectivity index (χ0) is 16.5. The summed E-state index contributed by atoms with van der Waals surface area (Å²) in [6.07, 6.45) is 0. The van der Waals surface area contributed by atoms with Gasteiger partial charge >= 0.3 is 0 Å². The smallest absolute Gasteiger partial charge is 0.266 e. The molecular weight excluding hydrogens is 650 g/mol. The molecule has 0 saturated heterocycles. The Morgan fingerprint density at radius 2 is 1.64 bits per heavy atom. The molecule has 1 amide bonds. The van der Waals surface area contributed by atoms with Gasteiger partial charge in [-0.2, -0.15) is 0 Å². The van der Waals surface area contributed by atoms with E-state index in [2.05, 4.69) is 45.2 Å². The van der Waals surface area contributed by atoms with Crippen LogP contribution >= 0.6 is 67.8 Å². The minimum absolute atomic E-state index is 0.169. The maximum absolute atomic E-state index is 12.9. The normalized spacial score (nSPS) is 11.3. The van der Waals surface area contributed by atoms with E-state index in [1.54, 1.807) is 6.07 Å². The summed E-state index contributed by atoms with van der Waals surface area (Å²) in [6.45, 7) is 0. The van der Waals surface area contributed by atoms with Crippen LogP contribution in [-0.2, 0) is 10.0 Å². The van der Waals surface area contributed by atoms with Crippen LogP contribution in [-0.4, -0.2) is 14.3 Å². The number of sulfonamides is 1. The first kappa shape index (κ1) is 18.3. The second-order valence-electron chi connectivity index (χ2n) is 4.14. The van der Waals surface area contributed by atoms with E-state index in [1.807, 2.05) is 33.4 Å². The van der Waals surface area contributed by atoms with E-state index in [-0.39, 0.29) is 10.5 Å². The predicted octanol–water partition coefficient (Wildman–Crippen LogP) is 3.76. The predicted molar refractivity (Wildman–Crippen MR) is 106 cm³/mol. The third-order valence-electron chi connectivity index (χ3n) is 2.59. The van der Waals surface area contributed by atoms with Gasteiger partial charge in [0, 0.05) is 10.7 Å². The summed E-state index contributed by atoms with van der Waals surface area (Å²) >= 11 is 6.12. The summed E-state index contributed by atoms with van der Waals surface area (Å²) < 4.78 is 41.5. The van der Waals surface area contributed by atoms with E-state index in [0.29, 0.717) is 3.57 Å². The van der Waals surface area contributed by atoms with Gasteiger partial charge in [0.05, 0.1) is 10.5 Å². The van der Waals surface area contributed by atoms with Crippen LogP contribution in [0.3, 0.4) is 0 Å². The van der Waals surface area contributed by atoms with Crippen molar-refractivity contribution in [3.05, 3.63) is 58.5 Å². The molecule has 0 saturated carbocycles. The molecular formula is C13H7FI3NO3S. The number of benzene rings is 2. The molecule has 0 bridgehead atoms. The van der Waals surface area contributed by atoms with Crippen molar-refractivity contribution >= 4 is 83.7 Å². The Kier molecular flexibility index (Phi) is 6.04. The standard InChI is InChI=1S/C13H7FI3NO3S/c14-7-1-3-9(4-2-7)22(20,21)18-13(19)10-5-8(15)6-11(16)12(10)17/h1-6H,(H,18,19). The van der Waals surface area contributed by atoms with Crippen LogP contribution in [0.2, 0.25) is 0 Å². The molecule has 2 aromatic rings. The second-order valence-corrected chi connectivity index (χ2v) is 9.31. The highest BCUT2D eigenvalue weighted by atomic mass is 127.